The molecule has 0 fully saturated rings. The molecule has 0 saturated heterocycles. The lowest BCUT2D eigenvalue weighted by Gasteiger charge is -2.04. The van der Waals surface area contributed by atoms with Gasteiger partial charge in [-0.25, -0.2) is 0 Å². The largest absolute Gasteiger partial charge is 0.507 e. The van der Waals surface area contributed by atoms with E-state index in [-0.39, 0.29) is 17.1 Å². The van der Waals surface area contributed by atoms with E-state index in [0.717, 1.165) is 0 Å². The van der Waals surface area contributed by atoms with Gasteiger partial charge in [0.1, 0.15) is 17.4 Å². The van der Waals surface area contributed by atoms with Crippen molar-refractivity contribution in [1.29, 1.82) is 5.26 Å². The van der Waals surface area contributed by atoms with Gasteiger partial charge in [0, 0.05) is 31.2 Å². The molecule has 0 amide bonds. The molecule has 20 heavy (non-hydrogen) atoms. The number of fused-ring (bicyclic) bond motifs is 1. The maximum atomic E-state index is 12.2. The zero-order valence-electron chi connectivity index (χ0n) is 10.9. The molecule has 1 aromatic heterocycles. The van der Waals surface area contributed by atoms with Gasteiger partial charge in [0.15, 0.2) is 0 Å². The fourth-order valence-electron chi connectivity index (χ4n) is 1.81. The summed E-state index contributed by atoms with van der Waals surface area (Å²) in [5, 5.41) is 19.4. The molecule has 0 radical (unpaired) electrons. The number of nitrogens with zero attached hydrogens (tertiary/aromatic N) is 2. The topological polar surface area (TPSA) is 80.1 Å². The summed E-state index contributed by atoms with van der Waals surface area (Å²) in [5.74, 6) is -0.284. The van der Waals surface area contributed by atoms with E-state index in [9.17, 15) is 9.90 Å². The minimum Gasteiger partial charge on any atom is -0.507 e. The number of phenolic OH excluding ortho intramolecular Hbond substituents is 1. The van der Waals surface area contributed by atoms with Gasteiger partial charge in [-0.3, -0.25) is 4.79 Å². The van der Waals surface area contributed by atoms with Crippen molar-refractivity contribution in [2.45, 2.75) is 0 Å². The number of ketones is 1. The number of hydrogen-bond acceptors (Lipinski definition) is 4. The Morgan fingerprint density at radius 1 is 1.45 bits per heavy atom. The van der Waals surface area contributed by atoms with Crippen molar-refractivity contribution in [2.75, 3.05) is 14.1 Å². The number of halogens is 1. The molecule has 1 heterocycles. The Balaban J connectivity index is 2.48. The minimum atomic E-state index is -0.381. The van der Waals surface area contributed by atoms with Crippen LogP contribution >= 0.6 is 15.9 Å². The van der Waals surface area contributed by atoms with Crippen molar-refractivity contribution in [3.63, 3.8) is 0 Å². The lowest BCUT2D eigenvalue weighted by atomic mass is 10.1. The van der Waals surface area contributed by atoms with E-state index in [4.69, 9.17) is 5.26 Å². The molecule has 0 aliphatic carbocycles. The summed E-state index contributed by atoms with van der Waals surface area (Å²) in [6.45, 7) is 0. The number of carbonyl (C=O) groups excluding carboxylic acids is 1. The quantitative estimate of drug-likeness (QED) is 0.514. The van der Waals surface area contributed by atoms with Crippen LogP contribution in [0.5, 0.6) is 5.75 Å². The van der Waals surface area contributed by atoms with Crippen LogP contribution in [0.1, 0.15) is 10.5 Å². The van der Waals surface area contributed by atoms with E-state index in [1.165, 1.54) is 6.20 Å². The average Bonchev–Trinajstić information content (AvgIpc) is 2.78. The summed E-state index contributed by atoms with van der Waals surface area (Å²) in [6.07, 6.45) is 1.47. The van der Waals surface area contributed by atoms with Crippen LogP contribution < -0.4 is 0 Å². The highest BCUT2D eigenvalue weighted by atomic mass is 79.9. The number of benzene rings is 1. The molecule has 2 rings (SSSR count). The fourth-order valence-corrected chi connectivity index (χ4v) is 2.15. The molecule has 102 valence electrons. The zero-order valence-corrected chi connectivity index (χ0v) is 12.5. The average molecular weight is 334 g/mol. The van der Waals surface area contributed by atoms with Crippen molar-refractivity contribution in [3.8, 4) is 11.8 Å². The zero-order chi connectivity index (χ0) is 14.9. The molecule has 0 aliphatic heterocycles. The van der Waals surface area contributed by atoms with Crippen molar-refractivity contribution in [2.24, 2.45) is 0 Å². The second-order valence-electron chi connectivity index (χ2n) is 4.52. The second-order valence-corrected chi connectivity index (χ2v) is 5.38. The molecule has 2 aromatic rings. The molecule has 1 aromatic carbocycles. The first kappa shape index (κ1) is 14.2. The molecule has 0 unspecified atom stereocenters. The number of Topliss-reactive ketones (excluding diaryl/α,β-unsaturated/α-hetero) is 1. The summed E-state index contributed by atoms with van der Waals surface area (Å²) < 4.78 is 0.537. The summed E-state index contributed by atoms with van der Waals surface area (Å²) >= 11 is 3.21. The molecule has 0 aliphatic rings. The van der Waals surface area contributed by atoms with Crippen LogP contribution in [-0.4, -0.2) is 34.9 Å². The van der Waals surface area contributed by atoms with E-state index < -0.39 is 0 Å². The highest BCUT2D eigenvalue weighted by Gasteiger charge is 2.16. The van der Waals surface area contributed by atoms with Crippen molar-refractivity contribution < 1.29 is 9.90 Å². The monoisotopic (exact) mass is 333 g/mol. The summed E-state index contributed by atoms with van der Waals surface area (Å²) in [7, 11) is 3.48. The molecule has 6 heteroatoms. The van der Waals surface area contributed by atoms with Gasteiger partial charge >= 0.3 is 0 Å². The number of aromatic amines is 1. The van der Waals surface area contributed by atoms with Crippen LogP contribution in [-0.2, 0) is 0 Å². The van der Waals surface area contributed by atoms with E-state index in [2.05, 4.69) is 20.9 Å². The van der Waals surface area contributed by atoms with Crippen molar-refractivity contribution >= 4 is 32.6 Å². The number of rotatable bonds is 3. The SMILES string of the molecule is CN(C)/C=C(\C#N)C(=O)c1cc2cc(O)c(Br)cc2[nH]1. The normalized spacial score (nSPS) is 11.4. The summed E-state index contributed by atoms with van der Waals surface area (Å²) in [5.41, 5.74) is 1.07. The second kappa shape index (κ2) is 5.39. The molecular weight excluding hydrogens is 322 g/mol. The number of nitriles is 1. The van der Waals surface area contributed by atoms with Gasteiger partial charge in [-0.1, -0.05) is 0 Å². The third-order valence-electron chi connectivity index (χ3n) is 2.69. The van der Waals surface area contributed by atoms with Crippen molar-refractivity contribution in [1.82, 2.24) is 9.88 Å². The molecular formula is C14H12BrN3O2. The van der Waals surface area contributed by atoms with Crippen LogP contribution in [0.15, 0.2) is 34.4 Å². The standard InChI is InChI=1S/C14H12BrN3O2/c1-18(2)7-9(6-16)14(20)12-3-8-4-13(19)10(15)5-11(8)17-12/h3-5,7,17,19H,1-2H3/b9-7+. The van der Waals surface area contributed by atoms with Gasteiger partial charge in [-0.05, 0) is 34.1 Å². The van der Waals surface area contributed by atoms with E-state index >= 15 is 0 Å². The van der Waals surface area contributed by atoms with Crippen LogP contribution in [0.4, 0.5) is 0 Å². The van der Waals surface area contributed by atoms with Crippen LogP contribution in [0, 0.1) is 11.3 Å². The molecule has 2 N–H and O–H groups in total. The predicted molar refractivity (Wildman–Crippen MR) is 79.4 cm³/mol. The lowest BCUT2D eigenvalue weighted by Crippen LogP contribution is -2.09. The third kappa shape index (κ3) is 2.68. The number of H-pyrrole nitrogens is 1. The Labute approximate surface area is 124 Å². The first-order valence-electron chi connectivity index (χ1n) is 5.76. The number of phenols is 1. The van der Waals surface area contributed by atoms with E-state index in [1.807, 2.05) is 6.07 Å². The highest BCUT2D eigenvalue weighted by molar-refractivity contribution is 9.10. The first-order valence-corrected chi connectivity index (χ1v) is 6.56. The Bertz CT molecular complexity index is 715. The van der Waals surface area contributed by atoms with Crippen molar-refractivity contribution in [3.05, 3.63) is 40.1 Å². The first-order chi connectivity index (χ1) is 9.42. The maximum Gasteiger partial charge on any atom is 0.221 e. The van der Waals surface area contributed by atoms with E-state index in [1.54, 1.807) is 37.2 Å². The molecule has 0 saturated carbocycles. The Morgan fingerprint density at radius 3 is 2.75 bits per heavy atom. The van der Waals surface area contributed by atoms with Gasteiger partial charge < -0.3 is 15.0 Å². The summed E-state index contributed by atoms with van der Waals surface area (Å²) in [4.78, 5) is 16.8. The van der Waals surface area contributed by atoms with Gasteiger partial charge in [0.05, 0.1) is 10.2 Å². The number of aromatic hydroxyl groups is 1. The third-order valence-corrected chi connectivity index (χ3v) is 3.32. The number of allylic oxidation sites excluding steroid dienone is 1. The number of hydrogen-bond donors (Lipinski definition) is 2. The molecule has 5 nitrogen and oxygen atoms in total. The number of aromatic nitrogens is 1. The predicted octanol–water partition coefficient (Wildman–Crippen LogP) is 2.79. The van der Waals surface area contributed by atoms with Gasteiger partial charge in [-0.2, -0.15) is 5.26 Å². The molecule has 0 spiro atoms. The Morgan fingerprint density at radius 2 is 2.15 bits per heavy atom. The van der Waals surface area contributed by atoms with Gasteiger partial charge in [-0.15, -0.1) is 0 Å². The van der Waals surface area contributed by atoms with Crippen LogP contribution in [0.3, 0.4) is 0 Å². The van der Waals surface area contributed by atoms with Crippen LogP contribution in [0.2, 0.25) is 0 Å². The van der Waals surface area contributed by atoms with Gasteiger partial charge in [0.2, 0.25) is 5.78 Å². The van der Waals surface area contributed by atoms with E-state index in [0.29, 0.717) is 21.1 Å². The smallest absolute Gasteiger partial charge is 0.221 e. The van der Waals surface area contributed by atoms with Crippen LogP contribution in [0.25, 0.3) is 10.9 Å². The summed E-state index contributed by atoms with van der Waals surface area (Å²) in [6, 6.07) is 6.74. The Kier molecular flexibility index (Phi) is 3.81. The minimum absolute atomic E-state index is 0.0462. The highest BCUT2D eigenvalue weighted by Crippen LogP contribution is 2.29. The Hall–Kier alpha value is -2.26. The molecule has 0 atom stereocenters. The fraction of sp³-hybridized carbons (Fsp3) is 0.143. The van der Waals surface area contributed by atoms with Gasteiger partial charge in [0.25, 0.3) is 0 Å². The maximum absolute atomic E-state index is 12.2. The number of nitrogens with one attached hydrogen (secondary N) is 1. The molecule has 0 bridgehead atoms. The lowest BCUT2D eigenvalue weighted by molar-refractivity contribution is 0.103. The number of carbonyl (C=O) groups is 1.